The number of hydrogen-bond donors (Lipinski definition) is 0. The second kappa shape index (κ2) is 3.00. The van der Waals surface area contributed by atoms with E-state index in [1.165, 1.54) is 6.92 Å². The van der Waals surface area contributed by atoms with Gasteiger partial charge in [-0.25, -0.2) is 8.78 Å². The van der Waals surface area contributed by atoms with Gasteiger partial charge in [-0.3, -0.25) is 0 Å². The Kier molecular flexibility index (Phi) is 2.90. The SMILES string of the molecule is CCOC(F)(F)C(F)F. The number of hydrogen-bond acceptors (Lipinski definition) is 1. The van der Waals surface area contributed by atoms with Gasteiger partial charge in [-0.05, 0) is 6.92 Å². The average Bonchev–Trinajstić information content (AvgIpc) is 1.65. The van der Waals surface area contributed by atoms with Crippen LogP contribution in [0.1, 0.15) is 6.92 Å². The Bertz CT molecular complexity index is 82.6. The lowest BCUT2D eigenvalue weighted by Gasteiger charge is -2.13. The first kappa shape index (κ1) is 8.68. The molecule has 0 amide bonds. The summed E-state index contributed by atoms with van der Waals surface area (Å²) in [6, 6.07) is 0. The topological polar surface area (TPSA) is 9.23 Å². The van der Waals surface area contributed by atoms with Crippen LogP contribution in [-0.2, 0) is 4.74 Å². The highest BCUT2D eigenvalue weighted by molar-refractivity contribution is 4.53. The van der Waals surface area contributed by atoms with Gasteiger partial charge in [0.2, 0.25) is 0 Å². The first-order valence-corrected chi connectivity index (χ1v) is 2.30. The summed E-state index contributed by atoms with van der Waals surface area (Å²) in [5, 5.41) is 0. The summed E-state index contributed by atoms with van der Waals surface area (Å²) in [4.78, 5) is 0. The van der Waals surface area contributed by atoms with Gasteiger partial charge in [0, 0.05) is 0 Å². The van der Waals surface area contributed by atoms with E-state index in [0.717, 1.165) is 0 Å². The van der Waals surface area contributed by atoms with E-state index < -0.39 is 19.1 Å². The van der Waals surface area contributed by atoms with Crippen LogP contribution in [-0.4, -0.2) is 19.1 Å². The second-order valence-electron chi connectivity index (χ2n) is 1.30. The molecule has 9 heavy (non-hydrogen) atoms. The quantitative estimate of drug-likeness (QED) is 0.552. The maximum absolute atomic E-state index is 11.6. The van der Waals surface area contributed by atoms with Crippen molar-refractivity contribution in [3.05, 3.63) is 0 Å². The molecule has 0 fully saturated rings. The molecule has 0 radical (unpaired) electrons. The van der Waals surface area contributed by atoms with Crippen LogP contribution >= 0.6 is 0 Å². The first-order chi connectivity index (χ1) is 4.00. The molecule has 56 valence electrons. The Morgan fingerprint density at radius 3 is 2.00 bits per heavy atom. The van der Waals surface area contributed by atoms with Crippen molar-refractivity contribution >= 4 is 0 Å². The van der Waals surface area contributed by atoms with Gasteiger partial charge >= 0.3 is 12.5 Å². The van der Waals surface area contributed by atoms with Crippen LogP contribution in [0.3, 0.4) is 0 Å². The lowest BCUT2D eigenvalue weighted by molar-refractivity contribution is -0.298. The predicted molar refractivity (Wildman–Crippen MR) is 22.6 cm³/mol. The van der Waals surface area contributed by atoms with Crippen molar-refractivity contribution in [3.63, 3.8) is 0 Å². The molecule has 0 unspecified atom stereocenters. The van der Waals surface area contributed by atoms with E-state index >= 15 is 0 Å². The lowest BCUT2D eigenvalue weighted by atomic mass is 10.6. The molecular weight excluding hydrogens is 140 g/mol. The highest BCUT2D eigenvalue weighted by atomic mass is 19.3. The van der Waals surface area contributed by atoms with Crippen LogP contribution in [0.4, 0.5) is 17.6 Å². The molecule has 0 aliphatic carbocycles. The molecule has 0 aliphatic rings. The Hall–Kier alpha value is -0.320. The summed E-state index contributed by atoms with van der Waals surface area (Å²) < 4.78 is 48.8. The lowest BCUT2D eigenvalue weighted by Crippen LogP contribution is -2.29. The van der Waals surface area contributed by atoms with Crippen molar-refractivity contribution in [3.8, 4) is 0 Å². The summed E-state index contributed by atoms with van der Waals surface area (Å²) in [6.45, 7) is 0.799. The van der Waals surface area contributed by atoms with Crippen molar-refractivity contribution in [1.29, 1.82) is 0 Å². The van der Waals surface area contributed by atoms with Crippen molar-refractivity contribution in [2.24, 2.45) is 0 Å². The molecule has 0 N–H and O–H groups in total. The number of alkyl halides is 4. The zero-order valence-electron chi connectivity index (χ0n) is 4.70. The van der Waals surface area contributed by atoms with Gasteiger partial charge in [-0.1, -0.05) is 0 Å². The number of halogens is 4. The van der Waals surface area contributed by atoms with E-state index in [9.17, 15) is 17.6 Å². The van der Waals surface area contributed by atoms with Crippen molar-refractivity contribution in [2.75, 3.05) is 6.61 Å². The third-order valence-electron chi connectivity index (χ3n) is 0.591. The molecule has 0 atom stereocenters. The molecule has 0 heterocycles. The standard InChI is InChI=1S/C4H6F4O/c1-2-9-4(7,8)3(5)6/h3H,2H2,1H3. The molecule has 0 saturated heterocycles. The Labute approximate surface area is 49.6 Å². The summed E-state index contributed by atoms with van der Waals surface area (Å²) in [7, 11) is 0. The van der Waals surface area contributed by atoms with Crippen LogP contribution in [0.2, 0.25) is 0 Å². The third-order valence-corrected chi connectivity index (χ3v) is 0.591. The van der Waals surface area contributed by atoms with Gasteiger partial charge in [0.05, 0.1) is 6.61 Å². The Morgan fingerprint density at radius 2 is 1.89 bits per heavy atom. The van der Waals surface area contributed by atoms with Crippen LogP contribution in [0, 0.1) is 0 Å². The second-order valence-corrected chi connectivity index (χ2v) is 1.30. The first-order valence-electron chi connectivity index (χ1n) is 2.30. The van der Waals surface area contributed by atoms with E-state index in [1.54, 1.807) is 0 Å². The minimum Gasteiger partial charge on any atom is -0.316 e. The molecular formula is C4H6F4O. The van der Waals surface area contributed by atoms with Gasteiger partial charge in [-0.2, -0.15) is 8.78 Å². The van der Waals surface area contributed by atoms with Gasteiger partial charge < -0.3 is 4.74 Å². The fourth-order valence-electron chi connectivity index (χ4n) is 0.255. The molecule has 0 aliphatic heterocycles. The van der Waals surface area contributed by atoms with E-state index in [4.69, 9.17) is 0 Å². The van der Waals surface area contributed by atoms with Crippen molar-refractivity contribution in [1.82, 2.24) is 0 Å². The molecule has 0 saturated carbocycles. The fourth-order valence-corrected chi connectivity index (χ4v) is 0.255. The van der Waals surface area contributed by atoms with Crippen molar-refractivity contribution in [2.45, 2.75) is 19.5 Å². The van der Waals surface area contributed by atoms with Gasteiger partial charge in [0.25, 0.3) is 0 Å². The molecule has 0 spiro atoms. The summed E-state index contributed by atoms with van der Waals surface area (Å²) in [5.41, 5.74) is 0. The van der Waals surface area contributed by atoms with Gasteiger partial charge in [0.15, 0.2) is 0 Å². The molecule has 0 aromatic rings. The third kappa shape index (κ3) is 2.64. The summed E-state index contributed by atoms with van der Waals surface area (Å²) in [6.07, 6.45) is -8.02. The minimum atomic E-state index is -4.28. The highest BCUT2D eigenvalue weighted by Crippen LogP contribution is 2.23. The van der Waals surface area contributed by atoms with E-state index in [1.807, 2.05) is 0 Å². The van der Waals surface area contributed by atoms with Crippen LogP contribution in [0.5, 0.6) is 0 Å². The fraction of sp³-hybridized carbons (Fsp3) is 1.00. The number of rotatable bonds is 3. The van der Waals surface area contributed by atoms with Crippen LogP contribution in [0.25, 0.3) is 0 Å². The van der Waals surface area contributed by atoms with Crippen molar-refractivity contribution < 1.29 is 22.3 Å². The van der Waals surface area contributed by atoms with Gasteiger partial charge in [0.1, 0.15) is 0 Å². The molecule has 0 aromatic heterocycles. The normalized spacial score (nSPS) is 12.7. The zero-order chi connectivity index (χ0) is 7.49. The smallest absolute Gasteiger partial charge is 0.316 e. The molecule has 5 heteroatoms. The molecule has 0 bridgehead atoms. The summed E-state index contributed by atoms with van der Waals surface area (Å²) >= 11 is 0. The predicted octanol–water partition coefficient (Wildman–Crippen LogP) is 1.88. The van der Waals surface area contributed by atoms with E-state index in [2.05, 4.69) is 4.74 Å². The zero-order valence-corrected chi connectivity index (χ0v) is 4.70. The van der Waals surface area contributed by atoms with E-state index in [-0.39, 0.29) is 0 Å². The van der Waals surface area contributed by atoms with Gasteiger partial charge in [-0.15, -0.1) is 0 Å². The monoisotopic (exact) mass is 146 g/mol. The number of ether oxygens (including phenoxy) is 1. The van der Waals surface area contributed by atoms with Crippen LogP contribution in [0.15, 0.2) is 0 Å². The average molecular weight is 146 g/mol. The molecule has 1 nitrogen and oxygen atoms in total. The maximum atomic E-state index is 11.6. The minimum absolute atomic E-state index is 0.419. The molecule has 0 rings (SSSR count). The summed E-state index contributed by atoms with van der Waals surface area (Å²) in [5.74, 6) is 0. The maximum Gasteiger partial charge on any atom is 0.416 e. The Morgan fingerprint density at radius 1 is 1.44 bits per heavy atom. The largest absolute Gasteiger partial charge is 0.416 e. The highest BCUT2D eigenvalue weighted by Gasteiger charge is 2.41. The van der Waals surface area contributed by atoms with E-state index in [0.29, 0.717) is 0 Å². The molecule has 0 aromatic carbocycles. The Balaban J connectivity index is 3.70. The van der Waals surface area contributed by atoms with Crippen LogP contribution < -0.4 is 0 Å².